The molecule has 0 amide bonds. The summed E-state index contributed by atoms with van der Waals surface area (Å²) in [6.45, 7) is 9.06. The van der Waals surface area contributed by atoms with Crippen molar-refractivity contribution < 1.29 is 5.11 Å². The average molecular weight is 256 g/mol. The highest BCUT2D eigenvalue weighted by molar-refractivity contribution is 4.86. The molecule has 0 aliphatic heterocycles. The van der Waals surface area contributed by atoms with Gasteiger partial charge in [0.05, 0.1) is 6.61 Å². The van der Waals surface area contributed by atoms with Crippen molar-refractivity contribution in [1.29, 1.82) is 0 Å². The Bertz CT molecular complexity index is 225. The van der Waals surface area contributed by atoms with E-state index in [4.69, 9.17) is 0 Å². The standard InChI is InChI=1S/C15H32N2O/c1-13(16-4)15(2,3)12-17(10-11-18)14-8-6-5-7-9-14/h13-14,16,18H,5-12H2,1-4H3. The minimum Gasteiger partial charge on any atom is -0.395 e. The number of rotatable bonds is 7. The molecule has 2 N–H and O–H groups in total. The van der Waals surface area contributed by atoms with Crippen LogP contribution >= 0.6 is 0 Å². The van der Waals surface area contributed by atoms with E-state index in [1.165, 1.54) is 32.1 Å². The molecule has 0 aromatic rings. The number of aliphatic hydroxyl groups excluding tert-OH is 1. The zero-order valence-corrected chi connectivity index (χ0v) is 12.7. The fraction of sp³-hybridized carbons (Fsp3) is 1.00. The molecule has 1 aliphatic rings. The van der Waals surface area contributed by atoms with Gasteiger partial charge in [-0.1, -0.05) is 33.1 Å². The van der Waals surface area contributed by atoms with Crippen LogP contribution in [0.2, 0.25) is 0 Å². The van der Waals surface area contributed by atoms with Gasteiger partial charge in [0.15, 0.2) is 0 Å². The Hall–Kier alpha value is -0.120. The Labute approximate surface area is 113 Å². The van der Waals surface area contributed by atoms with E-state index >= 15 is 0 Å². The van der Waals surface area contributed by atoms with Gasteiger partial charge in [0.2, 0.25) is 0 Å². The molecule has 0 bridgehead atoms. The summed E-state index contributed by atoms with van der Waals surface area (Å²) in [7, 11) is 2.03. The topological polar surface area (TPSA) is 35.5 Å². The quantitative estimate of drug-likeness (QED) is 0.733. The van der Waals surface area contributed by atoms with Crippen LogP contribution in [0.1, 0.15) is 52.9 Å². The summed E-state index contributed by atoms with van der Waals surface area (Å²) in [6.07, 6.45) is 6.72. The molecule has 18 heavy (non-hydrogen) atoms. The molecule has 3 nitrogen and oxygen atoms in total. The molecule has 0 spiro atoms. The highest BCUT2D eigenvalue weighted by atomic mass is 16.3. The second kappa shape index (κ2) is 7.46. The zero-order valence-electron chi connectivity index (χ0n) is 12.7. The summed E-state index contributed by atoms with van der Waals surface area (Å²) in [4.78, 5) is 2.52. The highest BCUT2D eigenvalue weighted by Gasteiger charge is 2.30. The normalized spacial score (nSPS) is 20.3. The smallest absolute Gasteiger partial charge is 0.0558 e. The minimum absolute atomic E-state index is 0.237. The van der Waals surface area contributed by atoms with Crippen molar-refractivity contribution in [2.24, 2.45) is 5.41 Å². The van der Waals surface area contributed by atoms with Gasteiger partial charge in [-0.15, -0.1) is 0 Å². The van der Waals surface area contributed by atoms with Gasteiger partial charge in [0, 0.05) is 25.2 Å². The summed E-state index contributed by atoms with van der Waals surface area (Å²) in [6, 6.07) is 1.18. The van der Waals surface area contributed by atoms with E-state index in [2.05, 4.69) is 31.0 Å². The highest BCUT2D eigenvalue weighted by Crippen LogP contribution is 2.28. The number of aliphatic hydroxyl groups is 1. The van der Waals surface area contributed by atoms with Gasteiger partial charge in [0.25, 0.3) is 0 Å². The summed E-state index contributed by atoms with van der Waals surface area (Å²) in [5.41, 5.74) is 0.237. The number of hydrogen-bond acceptors (Lipinski definition) is 3. The Kier molecular flexibility index (Phi) is 6.61. The monoisotopic (exact) mass is 256 g/mol. The van der Waals surface area contributed by atoms with E-state index in [-0.39, 0.29) is 12.0 Å². The van der Waals surface area contributed by atoms with Crippen LogP contribution in [0.15, 0.2) is 0 Å². The third-order valence-corrected chi connectivity index (χ3v) is 4.69. The molecular formula is C15H32N2O. The van der Waals surface area contributed by atoms with Gasteiger partial charge in [-0.2, -0.15) is 0 Å². The van der Waals surface area contributed by atoms with Crippen LogP contribution in [0.25, 0.3) is 0 Å². The first kappa shape index (κ1) is 15.9. The Morgan fingerprint density at radius 3 is 2.39 bits per heavy atom. The van der Waals surface area contributed by atoms with Crippen LogP contribution in [0.4, 0.5) is 0 Å². The van der Waals surface area contributed by atoms with Gasteiger partial charge < -0.3 is 10.4 Å². The summed E-state index contributed by atoms with van der Waals surface area (Å²) in [5.74, 6) is 0. The van der Waals surface area contributed by atoms with Crippen LogP contribution in [0, 0.1) is 5.41 Å². The number of nitrogens with zero attached hydrogens (tertiary/aromatic N) is 1. The molecule has 1 saturated carbocycles. The maximum atomic E-state index is 9.30. The lowest BCUT2D eigenvalue weighted by Crippen LogP contribution is -2.49. The minimum atomic E-state index is 0.237. The van der Waals surface area contributed by atoms with Crippen molar-refractivity contribution in [3.63, 3.8) is 0 Å². The van der Waals surface area contributed by atoms with Crippen molar-refractivity contribution in [2.75, 3.05) is 26.7 Å². The van der Waals surface area contributed by atoms with Crippen molar-refractivity contribution in [1.82, 2.24) is 10.2 Å². The Morgan fingerprint density at radius 2 is 1.89 bits per heavy atom. The van der Waals surface area contributed by atoms with Crippen molar-refractivity contribution in [3.8, 4) is 0 Å². The summed E-state index contributed by atoms with van der Waals surface area (Å²) >= 11 is 0. The van der Waals surface area contributed by atoms with Crippen LogP contribution in [0.3, 0.4) is 0 Å². The van der Waals surface area contributed by atoms with E-state index in [1.54, 1.807) is 0 Å². The SMILES string of the molecule is CNC(C)C(C)(C)CN(CCO)C1CCCCC1. The lowest BCUT2D eigenvalue weighted by molar-refractivity contribution is 0.0703. The third kappa shape index (κ3) is 4.52. The molecule has 0 radical (unpaired) electrons. The number of nitrogens with one attached hydrogen (secondary N) is 1. The maximum Gasteiger partial charge on any atom is 0.0558 e. The van der Waals surface area contributed by atoms with Crippen LogP contribution < -0.4 is 5.32 Å². The summed E-state index contributed by atoms with van der Waals surface area (Å²) < 4.78 is 0. The molecule has 0 aromatic carbocycles. The first-order valence-corrected chi connectivity index (χ1v) is 7.53. The molecule has 0 saturated heterocycles. The first-order chi connectivity index (χ1) is 8.51. The van der Waals surface area contributed by atoms with Gasteiger partial charge in [0.1, 0.15) is 0 Å². The lowest BCUT2D eigenvalue weighted by atomic mass is 9.83. The van der Waals surface area contributed by atoms with E-state index in [1.807, 2.05) is 7.05 Å². The van der Waals surface area contributed by atoms with Gasteiger partial charge in [-0.05, 0) is 32.2 Å². The number of hydrogen-bond donors (Lipinski definition) is 2. The average Bonchev–Trinajstić information content (AvgIpc) is 2.38. The van der Waals surface area contributed by atoms with Gasteiger partial charge in [-0.25, -0.2) is 0 Å². The molecule has 1 unspecified atom stereocenters. The molecule has 0 aromatic heterocycles. The van der Waals surface area contributed by atoms with Crippen LogP contribution in [-0.2, 0) is 0 Å². The summed E-state index contributed by atoms with van der Waals surface area (Å²) in [5, 5.41) is 12.7. The Balaban J connectivity index is 2.60. The fourth-order valence-electron chi connectivity index (χ4n) is 3.02. The van der Waals surface area contributed by atoms with Gasteiger partial charge >= 0.3 is 0 Å². The second-order valence-electron chi connectivity index (χ2n) is 6.48. The molecule has 1 atom stereocenters. The first-order valence-electron chi connectivity index (χ1n) is 7.53. The Morgan fingerprint density at radius 1 is 1.28 bits per heavy atom. The zero-order chi connectivity index (χ0) is 13.6. The van der Waals surface area contributed by atoms with E-state index in [0.29, 0.717) is 12.1 Å². The van der Waals surface area contributed by atoms with Crippen molar-refractivity contribution in [2.45, 2.75) is 65.0 Å². The third-order valence-electron chi connectivity index (χ3n) is 4.69. The molecule has 1 aliphatic carbocycles. The predicted molar refractivity (Wildman–Crippen MR) is 77.8 cm³/mol. The second-order valence-corrected chi connectivity index (χ2v) is 6.48. The molecule has 1 fully saturated rings. The molecular weight excluding hydrogens is 224 g/mol. The van der Waals surface area contributed by atoms with Gasteiger partial charge in [-0.3, -0.25) is 4.90 Å². The fourth-order valence-corrected chi connectivity index (χ4v) is 3.02. The largest absolute Gasteiger partial charge is 0.395 e. The molecule has 0 heterocycles. The van der Waals surface area contributed by atoms with E-state index in [9.17, 15) is 5.11 Å². The van der Waals surface area contributed by atoms with E-state index < -0.39 is 0 Å². The maximum absolute atomic E-state index is 9.30. The molecule has 108 valence electrons. The van der Waals surface area contributed by atoms with E-state index in [0.717, 1.165) is 13.1 Å². The van der Waals surface area contributed by atoms with Crippen LogP contribution in [-0.4, -0.2) is 48.8 Å². The van der Waals surface area contributed by atoms with Crippen molar-refractivity contribution >= 4 is 0 Å². The molecule has 3 heteroatoms. The predicted octanol–water partition coefficient (Wildman–Crippen LogP) is 2.25. The molecule has 1 rings (SSSR count). The van der Waals surface area contributed by atoms with Crippen LogP contribution in [0.5, 0.6) is 0 Å². The lowest BCUT2D eigenvalue weighted by Gasteiger charge is -2.41. The van der Waals surface area contributed by atoms with Crippen molar-refractivity contribution in [3.05, 3.63) is 0 Å².